The van der Waals surface area contributed by atoms with Gasteiger partial charge in [0.1, 0.15) is 11.6 Å². The van der Waals surface area contributed by atoms with Gasteiger partial charge in [0.2, 0.25) is 5.88 Å². The number of fused-ring (bicyclic) bond motifs is 9. The highest BCUT2D eigenvalue weighted by atomic mass is 16.5. The van der Waals surface area contributed by atoms with Gasteiger partial charge in [-0.3, -0.25) is 0 Å². The molecule has 0 atom stereocenters. The van der Waals surface area contributed by atoms with Crippen LogP contribution in [0.15, 0.2) is 237 Å². The van der Waals surface area contributed by atoms with Gasteiger partial charge >= 0.3 is 6.98 Å². The normalized spacial score (nSPS) is 13.4. The average Bonchev–Trinajstić information content (AvgIpc) is 1.47. The van der Waals surface area contributed by atoms with Gasteiger partial charge in [-0.1, -0.05) is 213 Å². The predicted molar refractivity (Wildman–Crippen MR) is 355 cm³/mol. The molecular weight excluding hydrogens is 1020 g/mol. The molecule has 3 aliphatic heterocycles. The van der Waals surface area contributed by atoms with Crippen LogP contribution in [0.25, 0.3) is 66.8 Å². The molecule has 84 heavy (non-hydrogen) atoms. The fourth-order valence-corrected chi connectivity index (χ4v) is 12.6. The van der Waals surface area contributed by atoms with E-state index in [1.165, 1.54) is 38.8 Å². The number of nitrogens with zero attached hydrogens (tertiary/aromatic N) is 3. The lowest BCUT2D eigenvalue weighted by Crippen LogP contribution is -2.58. The van der Waals surface area contributed by atoms with Gasteiger partial charge in [-0.15, -0.1) is 0 Å². The highest BCUT2D eigenvalue weighted by Gasteiger charge is 2.52. The lowest BCUT2D eigenvalue weighted by Gasteiger charge is -2.40. The van der Waals surface area contributed by atoms with E-state index in [0.717, 1.165) is 90.1 Å². The monoisotopic (exact) mass is 1090 g/mol. The molecule has 0 saturated carbocycles. The maximum absolute atomic E-state index is 9.44. The first-order valence-corrected chi connectivity index (χ1v) is 29.4. The molecule has 3 aliphatic rings. The van der Waals surface area contributed by atoms with Crippen LogP contribution in [0.5, 0.6) is 11.6 Å². The minimum Gasteiger partial charge on any atom is -0.438 e. The topological polar surface area (TPSA) is 52.7 Å². The average molecular weight is 1090 g/mol. The summed E-state index contributed by atoms with van der Waals surface area (Å²) in [7, 11) is 0. The SMILES string of the molecule is [2H]C([2H])(c1ccccc1-c1ccc(Nc2ccccc2Nc2c(-c3ccccc3)cc(C(C)(C)C)cc2-c2cc(-c3ccccc3)cc(C(C)(C)C)c2)cc1Oc1ccc2c(n1)N1B3c4c(cccc4-2)-c2ccccc2N3c2ccccc21)C(C)C. The smallest absolute Gasteiger partial charge is 0.423 e. The second kappa shape index (κ2) is 20.7. The Morgan fingerprint density at radius 2 is 1.00 bits per heavy atom. The van der Waals surface area contributed by atoms with E-state index in [0.29, 0.717) is 17.2 Å². The predicted octanol–water partition coefficient (Wildman–Crippen LogP) is 20.5. The lowest BCUT2D eigenvalue weighted by atomic mass is 9.55. The molecule has 0 spiro atoms. The number of para-hydroxylation sites is 5. The van der Waals surface area contributed by atoms with Crippen LogP contribution in [-0.4, -0.2) is 12.0 Å². The second-order valence-corrected chi connectivity index (χ2v) is 24.8. The summed E-state index contributed by atoms with van der Waals surface area (Å²) in [6.07, 6.45) is -1.64. The van der Waals surface area contributed by atoms with Crippen LogP contribution < -0.4 is 30.5 Å². The molecule has 0 aliphatic carbocycles. The number of nitrogens with one attached hydrogen (secondary N) is 2. The largest absolute Gasteiger partial charge is 0.438 e. The van der Waals surface area contributed by atoms with E-state index in [1.807, 2.05) is 50.2 Å². The van der Waals surface area contributed by atoms with Gasteiger partial charge in [0.15, 0.2) is 0 Å². The number of hydrogen-bond donors (Lipinski definition) is 2. The van der Waals surface area contributed by atoms with Crippen LogP contribution in [0, 0.1) is 5.92 Å². The summed E-state index contributed by atoms with van der Waals surface area (Å²) < 4.78 is 26.1. The third-order valence-electron chi connectivity index (χ3n) is 16.7. The van der Waals surface area contributed by atoms with Crippen molar-refractivity contribution in [2.45, 2.75) is 72.6 Å². The van der Waals surface area contributed by atoms with Crippen LogP contribution in [0.4, 0.5) is 45.6 Å². The molecule has 6 nitrogen and oxygen atoms in total. The number of ether oxygens (including phenoxy) is 1. The Kier molecular flexibility index (Phi) is 12.4. The Bertz CT molecular complexity index is 4450. The molecule has 0 bridgehead atoms. The fraction of sp³-hybridized carbons (Fsp3) is 0.156. The van der Waals surface area contributed by atoms with Crippen LogP contribution in [-0.2, 0) is 17.2 Å². The zero-order valence-electron chi connectivity index (χ0n) is 50.9. The summed E-state index contributed by atoms with van der Waals surface area (Å²) >= 11 is 0. The highest BCUT2D eigenvalue weighted by molar-refractivity contribution is 6.88. The summed E-state index contributed by atoms with van der Waals surface area (Å²) in [6.45, 7) is 17.5. The van der Waals surface area contributed by atoms with Gasteiger partial charge in [-0.25, -0.2) is 0 Å². The van der Waals surface area contributed by atoms with E-state index in [1.54, 1.807) is 0 Å². The molecule has 1 aromatic heterocycles. The van der Waals surface area contributed by atoms with E-state index >= 15 is 0 Å². The molecule has 2 N–H and O–H groups in total. The molecule has 0 unspecified atom stereocenters. The van der Waals surface area contributed by atoms with E-state index in [4.69, 9.17) is 9.72 Å². The highest BCUT2D eigenvalue weighted by Crippen LogP contribution is 2.55. The van der Waals surface area contributed by atoms with Crippen molar-refractivity contribution in [2.75, 3.05) is 20.3 Å². The van der Waals surface area contributed by atoms with E-state index in [-0.39, 0.29) is 23.7 Å². The Morgan fingerprint density at radius 1 is 0.452 bits per heavy atom. The molecule has 7 heteroatoms. The first-order chi connectivity index (χ1) is 41.5. The Balaban J connectivity index is 0.902. The first-order valence-electron chi connectivity index (χ1n) is 30.4. The van der Waals surface area contributed by atoms with Crippen molar-refractivity contribution in [2.24, 2.45) is 5.92 Å². The van der Waals surface area contributed by atoms with Crippen molar-refractivity contribution >= 4 is 58.1 Å². The maximum atomic E-state index is 9.44. The summed E-state index contributed by atoms with van der Waals surface area (Å²) in [5.74, 6) is 1.48. The van der Waals surface area contributed by atoms with Gasteiger partial charge in [0, 0.05) is 54.1 Å². The third kappa shape index (κ3) is 9.38. The van der Waals surface area contributed by atoms with Crippen molar-refractivity contribution in [3.8, 4) is 78.4 Å². The van der Waals surface area contributed by atoms with Crippen LogP contribution in [0.1, 0.15) is 74.8 Å². The Morgan fingerprint density at radius 3 is 1.70 bits per heavy atom. The van der Waals surface area contributed by atoms with Crippen molar-refractivity contribution in [3.05, 3.63) is 253 Å². The van der Waals surface area contributed by atoms with Gasteiger partial charge in [-0.05, 0) is 151 Å². The quantitative estimate of drug-likeness (QED) is 0.119. The summed E-state index contributed by atoms with van der Waals surface area (Å²) in [5, 5.41) is 7.92. The summed E-state index contributed by atoms with van der Waals surface area (Å²) in [5.41, 5.74) is 23.9. The molecule has 0 radical (unpaired) electrons. The fourth-order valence-electron chi connectivity index (χ4n) is 12.6. The number of aromatic nitrogens is 1. The van der Waals surface area contributed by atoms with Crippen LogP contribution in [0.3, 0.4) is 0 Å². The minimum atomic E-state index is -1.64. The van der Waals surface area contributed by atoms with Crippen molar-refractivity contribution in [3.63, 3.8) is 0 Å². The van der Waals surface area contributed by atoms with Crippen molar-refractivity contribution in [1.29, 1.82) is 0 Å². The van der Waals surface area contributed by atoms with Crippen molar-refractivity contribution < 1.29 is 7.48 Å². The number of hydrogen-bond acceptors (Lipinski definition) is 6. The molecular formula is C77H68BN5O. The Hall–Kier alpha value is -9.59. The van der Waals surface area contributed by atoms with Gasteiger partial charge in [0.25, 0.3) is 0 Å². The third-order valence-corrected chi connectivity index (χ3v) is 16.7. The maximum Gasteiger partial charge on any atom is 0.423 e. The summed E-state index contributed by atoms with van der Waals surface area (Å²) in [4.78, 5) is 10.3. The standard InChI is InChI=1S/C77H68BN5O/c1-49(2)42-52-28-15-16-29-58(52)60-39-38-57(48-71(60)84-72-41-40-63-62-32-23-31-61-59-30-17-20-35-68(59)82-69-36-21-22-37-70(69)83(75(63)81-72)78(82)73(61)62)79-66-33-18-19-34-67(66)80-74-64(51-26-13-10-14-27-51)46-56(77(6,7)8)47-65(74)54-43-53(50-24-11-9-12-25-50)44-55(45-54)76(3,4)5/h9-41,43-49,79-80H,42H2,1-8H3/i42D2. The molecule has 0 amide bonds. The molecule has 410 valence electrons. The van der Waals surface area contributed by atoms with Gasteiger partial charge < -0.3 is 25.0 Å². The molecule has 4 heterocycles. The lowest BCUT2D eigenvalue weighted by molar-refractivity contribution is 0.465. The van der Waals surface area contributed by atoms with E-state index in [2.05, 4.69) is 262 Å². The first kappa shape index (κ1) is 50.2. The van der Waals surface area contributed by atoms with Crippen LogP contribution >= 0.6 is 0 Å². The van der Waals surface area contributed by atoms with E-state index in [9.17, 15) is 2.74 Å². The number of pyridine rings is 1. The van der Waals surface area contributed by atoms with Crippen LogP contribution in [0.2, 0.25) is 0 Å². The van der Waals surface area contributed by atoms with Crippen molar-refractivity contribution in [1.82, 2.24) is 4.98 Å². The zero-order chi connectivity index (χ0) is 59.2. The molecule has 14 rings (SSSR count). The van der Waals surface area contributed by atoms with E-state index < -0.39 is 6.37 Å². The molecule has 10 aromatic carbocycles. The minimum absolute atomic E-state index is 0.120. The molecule has 11 aromatic rings. The molecule has 0 saturated heterocycles. The van der Waals surface area contributed by atoms with Gasteiger partial charge in [0.05, 0.1) is 28.4 Å². The Labute approximate surface area is 498 Å². The van der Waals surface area contributed by atoms with Gasteiger partial charge in [-0.2, -0.15) is 4.98 Å². The number of anilines is 8. The number of benzene rings is 10. The molecule has 0 fully saturated rings. The second-order valence-electron chi connectivity index (χ2n) is 24.8. The summed E-state index contributed by atoms with van der Waals surface area (Å²) in [6, 6.07) is 83.7. The number of rotatable bonds is 12. The zero-order valence-corrected chi connectivity index (χ0v) is 48.9.